The van der Waals surface area contributed by atoms with Gasteiger partial charge in [0, 0.05) is 25.2 Å². The van der Waals surface area contributed by atoms with Gasteiger partial charge in [-0.2, -0.15) is 0 Å². The Bertz CT molecular complexity index is 966. The van der Waals surface area contributed by atoms with Gasteiger partial charge in [0.2, 0.25) is 11.8 Å². The minimum Gasteiger partial charge on any atom is -0.437 e. The standard InChI is InChI=1S/C19H22N4O5S/c24-17(22-14-9-12-29(26,27)13-14)8-11-21-19(25)23-16-7-4-10-20-18(16)28-15-5-2-1-3-6-15/h1-7,10,14H,8-9,11-13H2,(H,22,24)(H2,21,23,25)/t14-/m0/s1. The fourth-order valence-electron chi connectivity index (χ4n) is 2.83. The summed E-state index contributed by atoms with van der Waals surface area (Å²) >= 11 is 0. The molecule has 0 radical (unpaired) electrons. The van der Waals surface area contributed by atoms with Crippen LogP contribution in [0.5, 0.6) is 11.6 Å². The number of carbonyl (C=O) groups is 2. The van der Waals surface area contributed by atoms with Gasteiger partial charge in [-0.05, 0) is 30.7 Å². The number of nitrogens with zero attached hydrogens (tertiary/aromatic N) is 1. The van der Waals surface area contributed by atoms with E-state index in [2.05, 4.69) is 20.9 Å². The number of pyridine rings is 1. The Kier molecular flexibility index (Phi) is 6.65. The summed E-state index contributed by atoms with van der Waals surface area (Å²) in [6.45, 7) is 0.103. The molecule has 1 aliphatic heterocycles. The number of ether oxygens (including phenoxy) is 1. The number of benzene rings is 1. The Balaban J connectivity index is 1.44. The highest BCUT2D eigenvalue weighted by Crippen LogP contribution is 2.26. The van der Waals surface area contributed by atoms with Crippen molar-refractivity contribution in [2.24, 2.45) is 0 Å². The van der Waals surface area contributed by atoms with Crippen LogP contribution in [0.3, 0.4) is 0 Å². The molecule has 1 fully saturated rings. The monoisotopic (exact) mass is 418 g/mol. The van der Waals surface area contributed by atoms with E-state index in [1.165, 1.54) is 0 Å². The first-order valence-electron chi connectivity index (χ1n) is 9.14. The Morgan fingerprint density at radius 3 is 2.66 bits per heavy atom. The second-order valence-electron chi connectivity index (χ2n) is 6.57. The molecule has 2 aromatic rings. The highest BCUT2D eigenvalue weighted by molar-refractivity contribution is 7.91. The number of rotatable bonds is 7. The van der Waals surface area contributed by atoms with Crippen molar-refractivity contribution in [3.8, 4) is 11.6 Å². The Morgan fingerprint density at radius 1 is 1.14 bits per heavy atom. The number of amides is 3. The van der Waals surface area contributed by atoms with Crippen LogP contribution in [0, 0.1) is 0 Å². The molecular weight excluding hydrogens is 396 g/mol. The maximum atomic E-state index is 12.1. The van der Waals surface area contributed by atoms with Crippen LogP contribution in [0.4, 0.5) is 10.5 Å². The van der Waals surface area contributed by atoms with Crippen LogP contribution < -0.4 is 20.7 Å². The van der Waals surface area contributed by atoms with Crippen molar-refractivity contribution in [2.45, 2.75) is 18.9 Å². The van der Waals surface area contributed by atoms with E-state index in [0.717, 1.165) is 0 Å². The Labute approximate surface area is 168 Å². The van der Waals surface area contributed by atoms with Crippen LogP contribution in [0.1, 0.15) is 12.8 Å². The summed E-state index contributed by atoms with van der Waals surface area (Å²) in [4.78, 5) is 28.1. The number of urea groups is 1. The molecule has 29 heavy (non-hydrogen) atoms. The number of para-hydroxylation sites is 1. The molecule has 154 valence electrons. The third-order valence-corrected chi connectivity index (χ3v) is 5.98. The molecular formula is C19H22N4O5S. The smallest absolute Gasteiger partial charge is 0.319 e. The first kappa shape index (κ1) is 20.6. The van der Waals surface area contributed by atoms with E-state index in [1.54, 1.807) is 30.5 Å². The fraction of sp³-hybridized carbons (Fsp3) is 0.316. The first-order valence-corrected chi connectivity index (χ1v) is 11.0. The minimum atomic E-state index is -3.05. The summed E-state index contributed by atoms with van der Waals surface area (Å²) in [5.41, 5.74) is 0.384. The first-order chi connectivity index (χ1) is 13.9. The second kappa shape index (κ2) is 9.37. The third kappa shape index (κ3) is 6.46. The number of sulfone groups is 1. The molecule has 0 saturated carbocycles. The van der Waals surface area contributed by atoms with Crippen molar-refractivity contribution in [2.75, 3.05) is 23.4 Å². The lowest BCUT2D eigenvalue weighted by atomic mass is 10.2. The van der Waals surface area contributed by atoms with Gasteiger partial charge in [0.05, 0.1) is 11.5 Å². The van der Waals surface area contributed by atoms with Crippen LogP contribution in [-0.2, 0) is 14.6 Å². The highest BCUT2D eigenvalue weighted by atomic mass is 32.2. The SMILES string of the molecule is O=C(CCNC(=O)Nc1cccnc1Oc1ccccc1)N[C@H]1CCS(=O)(=O)C1. The lowest BCUT2D eigenvalue weighted by Gasteiger charge is -2.13. The quantitative estimate of drug-likeness (QED) is 0.628. The molecule has 3 rings (SSSR count). The van der Waals surface area contributed by atoms with Gasteiger partial charge in [-0.3, -0.25) is 4.79 Å². The molecule has 1 saturated heterocycles. The largest absolute Gasteiger partial charge is 0.437 e. The number of aromatic nitrogens is 1. The molecule has 0 unspecified atom stereocenters. The van der Waals surface area contributed by atoms with Gasteiger partial charge in [0.25, 0.3) is 0 Å². The number of anilines is 1. The van der Waals surface area contributed by atoms with E-state index in [9.17, 15) is 18.0 Å². The van der Waals surface area contributed by atoms with Crippen molar-refractivity contribution in [1.29, 1.82) is 0 Å². The van der Waals surface area contributed by atoms with Crippen LogP contribution in [0.15, 0.2) is 48.7 Å². The van der Waals surface area contributed by atoms with Crippen molar-refractivity contribution in [3.63, 3.8) is 0 Å². The zero-order chi connectivity index (χ0) is 20.7. The molecule has 2 heterocycles. The minimum absolute atomic E-state index is 0.0299. The molecule has 9 nitrogen and oxygen atoms in total. The molecule has 0 spiro atoms. The second-order valence-corrected chi connectivity index (χ2v) is 8.80. The molecule has 0 bridgehead atoms. The summed E-state index contributed by atoms with van der Waals surface area (Å²) in [6.07, 6.45) is 2.02. The molecule has 3 N–H and O–H groups in total. The highest BCUT2D eigenvalue weighted by Gasteiger charge is 2.28. The average molecular weight is 418 g/mol. The number of hydrogen-bond acceptors (Lipinski definition) is 6. The van der Waals surface area contributed by atoms with Gasteiger partial charge < -0.3 is 20.7 Å². The zero-order valence-electron chi connectivity index (χ0n) is 15.6. The maximum absolute atomic E-state index is 12.1. The molecule has 1 aromatic carbocycles. The normalized spacial score (nSPS) is 17.3. The van der Waals surface area contributed by atoms with Gasteiger partial charge >= 0.3 is 6.03 Å². The summed E-state index contributed by atoms with van der Waals surface area (Å²) < 4.78 is 28.5. The number of hydrogen-bond donors (Lipinski definition) is 3. The molecule has 1 aromatic heterocycles. The molecule has 3 amide bonds. The van der Waals surface area contributed by atoms with E-state index < -0.39 is 15.9 Å². The van der Waals surface area contributed by atoms with Gasteiger partial charge in [-0.15, -0.1) is 0 Å². The van der Waals surface area contributed by atoms with Crippen molar-refractivity contribution in [3.05, 3.63) is 48.7 Å². The van der Waals surface area contributed by atoms with Crippen LogP contribution in [-0.4, -0.2) is 49.4 Å². The lowest BCUT2D eigenvalue weighted by Crippen LogP contribution is -2.38. The molecule has 1 atom stereocenters. The van der Waals surface area contributed by atoms with Crippen LogP contribution in [0.25, 0.3) is 0 Å². The lowest BCUT2D eigenvalue weighted by molar-refractivity contribution is -0.121. The van der Waals surface area contributed by atoms with Crippen molar-refractivity contribution < 1.29 is 22.7 Å². The predicted octanol–water partition coefficient (Wildman–Crippen LogP) is 1.69. The van der Waals surface area contributed by atoms with E-state index in [4.69, 9.17) is 4.74 Å². The van der Waals surface area contributed by atoms with Gasteiger partial charge in [0.1, 0.15) is 11.4 Å². The van der Waals surface area contributed by atoms with Crippen LogP contribution >= 0.6 is 0 Å². The Morgan fingerprint density at radius 2 is 1.93 bits per heavy atom. The summed E-state index contributed by atoms with van der Waals surface area (Å²) in [5, 5.41) is 7.90. The van der Waals surface area contributed by atoms with Gasteiger partial charge in [-0.25, -0.2) is 18.2 Å². The van der Waals surface area contributed by atoms with E-state index in [1.807, 2.05) is 18.2 Å². The van der Waals surface area contributed by atoms with E-state index >= 15 is 0 Å². The average Bonchev–Trinajstić information content (AvgIpc) is 3.02. The summed E-state index contributed by atoms with van der Waals surface area (Å²) in [6, 6.07) is 11.5. The summed E-state index contributed by atoms with van der Waals surface area (Å²) in [5.74, 6) is 0.589. The maximum Gasteiger partial charge on any atom is 0.319 e. The van der Waals surface area contributed by atoms with Crippen LogP contribution in [0.2, 0.25) is 0 Å². The van der Waals surface area contributed by atoms with Crippen molar-refractivity contribution in [1.82, 2.24) is 15.6 Å². The fourth-order valence-corrected chi connectivity index (χ4v) is 4.51. The number of nitrogens with one attached hydrogen (secondary N) is 3. The van der Waals surface area contributed by atoms with Gasteiger partial charge in [-0.1, -0.05) is 18.2 Å². The zero-order valence-corrected chi connectivity index (χ0v) is 16.4. The molecule has 0 aliphatic carbocycles. The third-order valence-electron chi connectivity index (χ3n) is 4.21. The van der Waals surface area contributed by atoms with E-state index in [0.29, 0.717) is 17.9 Å². The molecule has 10 heteroatoms. The van der Waals surface area contributed by atoms with E-state index in [-0.39, 0.29) is 42.3 Å². The molecule has 1 aliphatic rings. The van der Waals surface area contributed by atoms with Gasteiger partial charge in [0.15, 0.2) is 9.84 Å². The topological polar surface area (TPSA) is 126 Å². The Hall–Kier alpha value is -3.14. The summed E-state index contributed by atoms with van der Waals surface area (Å²) in [7, 11) is -3.05. The van der Waals surface area contributed by atoms with Crippen molar-refractivity contribution >= 4 is 27.5 Å². The predicted molar refractivity (Wildman–Crippen MR) is 108 cm³/mol. The number of carbonyl (C=O) groups excluding carboxylic acids is 2.